The van der Waals surface area contributed by atoms with Crippen molar-refractivity contribution in [2.45, 2.75) is 32.6 Å². The van der Waals surface area contributed by atoms with E-state index >= 15 is 0 Å². The number of aromatic nitrogens is 3. The van der Waals surface area contributed by atoms with Crippen LogP contribution in [0.1, 0.15) is 16.5 Å². The van der Waals surface area contributed by atoms with Gasteiger partial charge in [-0.15, -0.1) is 21.5 Å². The molecule has 0 saturated heterocycles. The van der Waals surface area contributed by atoms with E-state index in [0.717, 1.165) is 16.5 Å². The Morgan fingerprint density at radius 1 is 1.60 bits per heavy atom. The summed E-state index contributed by atoms with van der Waals surface area (Å²) in [5.41, 5.74) is 0. The van der Waals surface area contributed by atoms with E-state index < -0.39 is 12.0 Å². The Hall–Kier alpha value is -1.44. The van der Waals surface area contributed by atoms with Crippen LogP contribution >= 0.6 is 22.9 Å². The van der Waals surface area contributed by atoms with Crippen LogP contribution in [0.25, 0.3) is 0 Å². The van der Waals surface area contributed by atoms with Gasteiger partial charge in [0.25, 0.3) is 0 Å². The fourth-order valence-electron chi connectivity index (χ4n) is 2.40. The molecule has 1 aliphatic heterocycles. The first-order valence-corrected chi connectivity index (χ1v) is 7.39. The van der Waals surface area contributed by atoms with Gasteiger partial charge in [0.15, 0.2) is 0 Å². The Balaban J connectivity index is 1.87. The van der Waals surface area contributed by atoms with Crippen LogP contribution in [-0.4, -0.2) is 36.8 Å². The van der Waals surface area contributed by atoms with Crippen molar-refractivity contribution in [2.75, 3.05) is 0 Å². The van der Waals surface area contributed by atoms with Crippen LogP contribution in [0, 0.1) is 6.92 Å². The Morgan fingerprint density at radius 3 is 3.05 bits per heavy atom. The molecule has 6 nitrogen and oxygen atoms in total. The average molecular weight is 313 g/mol. The number of aryl methyl sites for hydroxylation is 1. The number of carboxylic acid groups (broad SMARTS) is 1. The number of rotatable bonds is 3. The smallest absolute Gasteiger partial charge is 0.322 e. The molecule has 2 aromatic heterocycles. The zero-order valence-corrected chi connectivity index (χ0v) is 12.4. The fraction of sp³-hybridized carbons (Fsp3) is 0.417. The summed E-state index contributed by atoms with van der Waals surface area (Å²) in [6.07, 6.45) is 0. The third-order valence-corrected chi connectivity index (χ3v) is 4.69. The molecule has 8 heteroatoms. The van der Waals surface area contributed by atoms with Crippen molar-refractivity contribution in [3.8, 4) is 0 Å². The lowest BCUT2D eigenvalue weighted by molar-refractivity contribution is -0.145. The molecule has 0 saturated carbocycles. The number of hydrogen-bond donors (Lipinski definition) is 1. The van der Waals surface area contributed by atoms with Gasteiger partial charge in [0.2, 0.25) is 0 Å². The highest BCUT2D eigenvalue weighted by atomic mass is 35.5. The molecule has 0 radical (unpaired) electrons. The summed E-state index contributed by atoms with van der Waals surface area (Å²) in [4.78, 5) is 14.4. The van der Waals surface area contributed by atoms with Gasteiger partial charge < -0.3 is 9.67 Å². The van der Waals surface area contributed by atoms with Crippen LogP contribution < -0.4 is 0 Å². The van der Waals surface area contributed by atoms with Gasteiger partial charge >= 0.3 is 5.97 Å². The van der Waals surface area contributed by atoms with Crippen LogP contribution in [0.15, 0.2) is 11.4 Å². The minimum absolute atomic E-state index is 0.378. The molecule has 3 rings (SSSR count). The molecule has 1 atom stereocenters. The van der Waals surface area contributed by atoms with Crippen molar-refractivity contribution in [2.24, 2.45) is 0 Å². The first-order valence-electron chi connectivity index (χ1n) is 6.13. The molecule has 0 aromatic carbocycles. The Morgan fingerprint density at radius 2 is 2.40 bits per heavy atom. The molecule has 20 heavy (non-hydrogen) atoms. The van der Waals surface area contributed by atoms with Gasteiger partial charge in [-0.2, -0.15) is 0 Å². The van der Waals surface area contributed by atoms with Crippen molar-refractivity contribution >= 4 is 28.9 Å². The van der Waals surface area contributed by atoms with Crippen LogP contribution in [0.2, 0.25) is 5.02 Å². The number of carbonyl (C=O) groups is 1. The maximum absolute atomic E-state index is 11.5. The summed E-state index contributed by atoms with van der Waals surface area (Å²) in [6.45, 7) is 3.25. The molecule has 0 spiro atoms. The Bertz CT molecular complexity index is 654. The second kappa shape index (κ2) is 5.16. The lowest BCUT2D eigenvalue weighted by Gasteiger charge is -2.33. The summed E-state index contributed by atoms with van der Waals surface area (Å²) in [5, 5.41) is 20.1. The summed E-state index contributed by atoms with van der Waals surface area (Å²) < 4.78 is 1.87. The second-order valence-corrected chi connectivity index (χ2v) is 6.20. The van der Waals surface area contributed by atoms with E-state index in [0.29, 0.717) is 24.7 Å². The highest BCUT2D eigenvalue weighted by Crippen LogP contribution is 2.25. The third kappa shape index (κ3) is 2.44. The molecule has 1 unspecified atom stereocenters. The zero-order chi connectivity index (χ0) is 14.3. The highest BCUT2D eigenvalue weighted by molar-refractivity contribution is 7.10. The molecule has 1 aliphatic rings. The second-order valence-electron chi connectivity index (χ2n) is 4.76. The number of thiophene rings is 1. The van der Waals surface area contributed by atoms with Gasteiger partial charge in [0.1, 0.15) is 17.7 Å². The van der Waals surface area contributed by atoms with Gasteiger partial charge in [-0.05, 0) is 13.0 Å². The van der Waals surface area contributed by atoms with Crippen LogP contribution in [-0.2, 0) is 24.4 Å². The Labute approximate surface area is 124 Å². The molecule has 0 amide bonds. The third-order valence-electron chi connectivity index (χ3n) is 3.42. The Kier molecular flexibility index (Phi) is 3.49. The zero-order valence-electron chi connectivity index (χ0n) is 10.8. The number of nitrogens with zero attached hydrogens (tertiary/aromatic N) is 4. The number of fused-ring (bicyclic) bond motifs is 1. The van der Waals surface area contributed by atoms with Gasteiger partial charge in [0, 0.05) is 16.8 Å². The maximum atomic E-state index is 11.5. The van der Waals surface area contributed by atoms with Crippen molar-refractivity contribution in [1.29, 1.82) is 0 Å². The summed E-state index contributed by atoms with van der Waals surface area (Å²) in [6, 6.07) is 1.30. The topological polar surface area (TPSA) is 71.2 Å². The van der Waals surface area contributed by atoms with E-state index in [1.165, 1.54) is 11.3 Å². The molecule has 3 heterocycles. The predicted molar refractivity (Wildman–Crippen MR) is 74.8 cm³/mol. The predicted octanol–water partition coefficient (Wildman–Crippen LogP) is 1.77. The van der Waals surface area contributed by atoms with E-state index in [4.69, 9.17) is 11.6 Å². The lowest BCUT2D eigenvalue weighted by Crippen LogP contribution is -2.47. The summed E-state index contributed by atoms with van der Waals surface area (Å²) >= 11 is 7.44. The quantitative estimate of drug-likeness (QED) is 0.935. The molecule has 0 bridgehead atoms. The average Bonchev–Trinajstić information content (AvgIpc) is 2.96. The van der Waals surface area contributed by atoms with Crippen molar-refractivity contribution in [1.82, 2.24) is 19.7 Å². The monoisotopic (exact) mass is 312 g/mol. The minimum atomic E-state index is -0.827. The first-order chi connectivity index (χ1) is 9.54. The van der Waals surface area contributed by atoms with Gasteiger partial charge in [-0.3, -0.25) is 9.69 Å². The number of carboxylic acids is 1. The van der Waals surface area contributed by atoms with E-state index in [1.807, 2.05) is 27.8 Å². The molecule has 106 valence electrons. The molecular formula is C12H13ClN4O2S. The van der Waals surface area contributed by atoms with Crippen molar-refractivity contribution in [3.05, 3.63) is 33.0 Å². The molecule has 0 aliphatic carbocycles. The van der Waals surface area contributed by atoms with Crippen molar-refractivity contribution < 1.29 is 9.90 Å². The fourth-order valence-corrected chi connectivity index (χ4v) is 3.49. The molecule has 0 fully saturated rings. The van der Waals surface area contributed by atoms with Gasteiger partial charge in [-0.1, -0.05) is 11.6 Å². The van der Waals surface area contributed by atoms with Gasteiger partial charge in [0.05, 0.1) is 18.1 Å². The van der Waals surface area contributed by atoms with Crippen LogP contribution in [0.5, 0.6) is 0 Å². The normalized spacial score (nSPS) is 19.0. The lowest BCUT2D eigenvalue weighted by atomic mass is 10.2. The highest BCUT2D eigenvalue weighted by Gasteiger charge is 2.33. The molecule has 2 aromatic rings. The SMILES string of the molecule is Cc1nnc2n1CC(C(=O)O)N(Cc1cc(Cl)cs1)C2. The van der Waals surface area contributed by atoms with Gasteiger partial charge in [-0.25, -0.2) is 0 Å². The minimum Gasteiger partial charge on any atom is -0.480 e. The number of halogens is 1. The largest absolute Gasteiger partial charge is 0.480 e. The maximum Gasteiger partial charge on any atom is 0.322 e. The first kappa shape index (κ1) is 13.5. The van der Waals surface area contributed by atoms with E-state index in [-0.39, 0.29) is 0 Å². The van der Waals surface area contributed by atoms with E-state index in [2.05, 4.69) is 10.2 Å². The molecular weight excluding hydrogens is 300 g/mol. The van der Waals surface area contributed by atoms with Crippen molar-refractivity contribution in [3.63, 3.8) is 0 Å². The van der Waals surface area contributed by atoms with Crippen LogP contribution in [0.4, 0.5) is 0 Å². The summed E-state index contributed by atoms with van der Waals surface area (Å²) in [5.74, 6) is 0.735. The van der Waals surface area contributed by atoms with Crippen LogP contribution in [0.3, 0.4) is 0 Å². The van der Waals surface area contributed by atoms with E-state index in [1.54, 1.807) is 0 Å². The van der Waals surface area contributed by atoms with E-state index in [9.17, 15) is 9.90 Å². The number of hydrogen-bond acceptors (Lipinski definition) is 5. The summed E-state index contributed by atoms with van der Waals surface area (Å²) in [7, 11) is 0. The molecule has 1 N–H and O–H groups in total. The number of aliphatic carboxylic acids is 1. The standard InChI is InChI=1S/C12H13ClN4O2S/c1-7-14-15-11-5-16(3-9-2-8(13)6-20-9)10(12(18)19)4-17(7)11/h2,6,10H,3-5H2,1H3,(H,18,19).